The average molecular weight is 292 g/mol. The number of rotatable bonds is 6. The molecule has 1 rings (SSSR count). The van der Waals surface area contributed by atoms with Gasteiger partial charge in [-0.25, -0.2) is 0 Å². The Kier molecular flexibility index (Phi) is 9.40. The SMILES string of the molecule is CC(C)CN(CCN(C)C)C(=O)C1CCCNC1.Cl. The smallest absolute Gasteiger partial charge is 0.227 e. The van der Waals surface area contributed by atoms with Crippen LogP contribution in [0, 0.1) is 11.8 Å². The molecule has 0 radical (unpaired) electrons. The number of hydrogen-bond acceptors (Lipinski definition) is 3. The number of piperidine rings is 1. The summed E-state index contributed by atoms with van der Waals surface area (Å²) in [5, 5.41) is 3.33. The van der Waals surface area contributed by atoms with Gasteiger partial charge >= 0.3 is 0 Å². The molecule has 5 heteroatoms. The van der Waals surface area contributed by atoms with E-state index in [9.17, 15) is 4.79 Å². The van der Waals surface area contributed by atoms with Crippen LogP contribution in [-0.4, -0.2) is 62.5 Å². The maximum atomic E-state index is 12.5. The highest BCUT2D eigenvalue weighted by Gasteiger charge is 2.26. The zero-order valence-electron chi connectivity index (χ0n) is 12.8. The summed E-state index contributed by atoms with van der Waals surface area (Å²) in [6.45, 7) is 8.94. The van der Waals surface area contributed by atoms with E-state index in [2.05, 4.69) is 43.1 Å². The molecule has 0 saturated carbocycles. The van der Waals surface area contributed by atoms with Crippen molar-refractivity contribution < 1.29 is 4.79 Å². The van der Waals surface area contributed by atoms with Crippen LogP contribution in [0.2, 0.25) is 0 Å². The minimum atomic E-state index is 0. The van der Waals surface area contributed by atoms with Crippen LogP contribution < -0.4 is 5.32 Å². The van der Waals surface area contributed by atoms with Crippen molar-refractivity contribution >= 4 is 18.3 Å². The highest BCUT2D eigenvalue weighted by Crippen LogP contribution is 2.14. The highest BCUT2D eigenvalue weighted by molar-refractivity contribution is 5.85. The lowest BCUT2D eigenvalue weighted by molar-refractivity contribution is -0.136. The first-order chi connectivity index (χ1) is 8.50. The van der Waals surface area contributed by atoms with Crippen LogP contribution in [0.1, 0.15) is 26.7 Å². The molecule has 0 aromatic carbocycles. The molecular formula is C14H30ClN3O. The molecule has 0 aromatic heterocycles. The lowest BCUT2D eigenvalue weighted by Gasteiger charge is -2.31. The van der Waals surface area contributed by atoms with Gasteiger partial charge in [-0.2, -0.15) is 0 Å². The Morgan fingerprint density at radius 3 is 2.47 bits per heavy atom. The molecule has 114 valence electrons. The summed E-state index contributed by atoms with van der Waals surface area (Å²) in [5.74, 6) is 1.07. The topological polar surface area (TPSA) is 35.6 Å². The largest absolute Gasteiger partial charge is 0.341 e. The van der Waals surface area contributed by atoms with Crippen LogP contribution in [0.5, 0.6) is 0 Å². The van der Waals surface area contributed by atoms with E-state index in [-0.39, 0.29) is 18.3 Å². The Bertz CT molecular complexity index is 253. The van der Waals surface area contributed by atoms with E-state index >= 15 is 0 Å². The predicted octanol–water partition coefficient (Wildman–Crippen LogP) is 1.45. The lowest BCUT2D eigenvalue weighted by atomic mass is 9.97. The molecule has 19 heavy (non-hydrogen) atoms. The van der Waals surface area contributed by atoms with E-state index in [0.717, 1.165) is 45.6 Å². The van der Waals surface area contributed by atoms with E-state index in [1.54, 1.807) is 0 Å². The maximum absolute atomic E-state index is 12.5. The zero-order valence-corrected chi connectivity index (χ0v) is 13.6. The minimum Gasteiger partial charge on any atom is -0.341 e. The van der Waals surface area contributed by atoms with Gasteiger partial charge in [-0.1, -0.05) is 13.8 Å². The molecule has 1 fully saturated rings. The van der Waals surface area contributed by atoms with Gasteiger partial charge in [0.1, 0.15) is 0 Å². The Balaban J connectivity index is 0.00000324. The van der Waals surface area contributed by atoms with Gasteiger partial charge < -0.3 is 15.1 Å². The van der Waals surface area contributed by atoms with Gasteiger partial charge in [-0.05, 0) is 39.4 Å². The predicted molar refractivity (Wildman–Crippen MR) is 82.8 cm³/mol. The third kappa shape index (κ3) is 7.14. The number of carbonyl (C=O) groups is 1. The minimum absolute atomic E-state index is 0. The second-order valence-corrected chi connectivity index (χ2v) is 6.02. The van der Waals surface area contributed by atoms with Crippen molar-refractivity contribution in [3.8, 4) is 0 Å². The number of nitrogens with zero attached hydrogens (tertiary/aromatic N) is 2. The second-order valence-electron chi connectivity index (χ2n) is 6.02. The molecule has 0 bridgehead atoms. The van der Waals surface area contributed by atoms with Crippen molar-refractivity contribution in [1.29, 1.82) is 0 Å². The maximum Gasteiger partial charge on any atom is 0.227 e. The lowest BCUT2D eigenvalue weighted by Crippen LogP contribution is -2.46. The molecule has 0 spiro atoms. The van der Waals surface area contributed by atoms with Crippen molar-refractivity contribution in [3.05, 3.63) is 0 Å². The van der Waals surface area contributed by atoms with E-state index in [1.165, 1.54) is 0 Å². The van der Waals surface area contributed by atoms with Crippen molar-refractivity contribution in [2.45, 2.75) is 26.7 Å². The molecule has 1 unspecified atom stereocenters. The summed E-state index contributed by atoms with van der Waals surface area (Å²) in [5.41, 5.74) is 0. The molecule has 1 N–H and O–H groups in total. The van der Waals surface area contributed by atoms with Gasteiger partial charge in [0, 0.05) is 26.2 Å². The van der Waals surface area contributed by atoms with Gasteiger partial charge in [0.15, 0.2) is 0 Å². The van der Waals surface area contributed by atoms with E-state index in [4.69, 9.17) is 0 Å². The van der Waals surface area contributed by atoms with Crippen LogP contribution in [0.15, 0.2) is 0 Å². The van der Waals surface area contributed by atoms with Crippen LogP contribution in [0.25, 0.3) is 0 Å². The molecule has 1 aliphatic heterocycles. The number of hydrogen-bond donors (Lipinski definition) is 1. The van der Waals surface area contributed by atoms with Gasteiger partial charge in [0.2, 0.25) is 5.91 Å². The first-order valence-corrected chi connectivity index (χ1v) is 7.15. The van der Waals surface area contributed by atoms with E-state index < -0.39 is 0 Å². The fourth-order valence-electron chi connectivity index (χ4n) is 2.37. The van der Waals surface area contributed by atoms with Crippen LogP contribution >= 0.6 is 12.4 Å². The number of likely N-dealkylation sites (N-methyl/N-ethyl adjacent to an activating group) is 1. The van der Waals surface area contributed by atoms with Crippen molar-refractivity contribution in [2.75, 3.05) is 46.8 Å². The van der Waals surface area contributed by atoms with Gasteiger partial charge in [0.25, 0.3) is 0 Å². The van der Waals surface area contributed by atoms with Crippen LogP contribution in [0.4, 0.5) is 0 Å². The molecule has 0 aliphatic carbocycles. The fraction of sp³-hybridized carbons (Fsp3) is 0.929. The van der Waals surface area contributed by atoms with Crippen LogP contribution in [0.3, 0.4) is 0 Å². The summed E-state index contributed by atoms with van der Waals surface area (Å²) in [6.07, 6.45) is 2.17. The monoisotopic (exact) mass is 291 g/mol. The molecule has 0 aromatic rings. The molecule has 1 aliphatic rings. The molecule has 1 saturated heterocycles. The van der Waals surface area contributed by atoms with E-state index in [0.29, 0.717) is 11.8 Å². The van der Waals surface area contributed by atoms with Crippen molar-refractivity contribution in [2.24, 2.45) is 11.8 Å². The van der Waals surface area contributed by atoms with Crippen LogP contribution in [-0.2, 0) is 4.79 Å². The van der Waals surface area contributed by atoms with Crippen molar-refractivity contribution in [3.63, 3.8) is 0 Å². The third-order valence-electron chi connectivity index (χ3n) is 3.36. The number of nitrogens with one attached hydrogen (secondary N) is 1. The quantitative estimate of drug-likeness (QED) is 0.805. The summed E-state index contributed by atoms with van der Waals surface area (Å²) >= 11 is 0. The standard InChI is InChI=1S/C14H29N3O.ClH/c1-12(2)11-17(9-8-16(3)4)14(18)13-6-5-7-15-10-13;/h12-13,15H,5-11H2,1-4H3;1H. The van der Waals surface area contributed by atoms with Gasteiger partial charge in [-0.15, -0.1) is 12.4 Å². The summed E-state index contributed by atoms with van der Waals surface area (Å²) in [6, 6.07) is 0. The molecule has 1 amide bonds. The Labute approximate surface area is 124 Å². The van der Waals surface area contributed by atoms with Gasteiger partial charge in [-0.3, -0.25) is 4.79 Å². The Morgan fingerprint density at radius 2 is 2.00 bits per heavy atom. The molecular weight excluding hydrogens is 262 g/mol. The fourth-order valence-corrected chi connectivity index (χ4v) is 2.37. The van der Waals surface area contributed by atoms with Gasteiger partial charge in [0.05, 0.1) is 5.92 Å². The number of halogens is 1. The number of carbonyl (C=O) groups excluding carboxylic acids is 1. The normalized spacial score (nSPS) is 19.4. The molecule has 1 atom stereocenters. The second kappa shape index (κ2) is 9.56. The average Bonchev–Trinajstić information content (AvgIpc) is 2.34. The van der Waals surface area contributed by atoms with Crippen molar-refractivity contribution in [1.82, 2.24) is 15.1 Å². The first kappa shape index (κ1) is 18.7. The molecule has 4 nitrogen and oxygen atoms in total. The number of amides is 1. The highest BCUT2D eigenvalue weighted by atomic mass is 35.5. The Hall–Kier alpha value is -0.320. The molecule has 1 heterocycles. The van der Waals surface area contributed by atoms with E-state index in [1.807, 2.05) is 0 Å². The summed E-state index contributed by atoms with van der Waals surface area (Å²) in [7, 11) is 4.11. The zero-order chi connectivity index (χ0) is 13.5. The summed E-state index contributed by atoms with van der Waals surface area (Å²) < 4.78 is 0. The summed E-state index contributed by atoms with van der Waals surface area (Å²) in [4.78, 5) is 16.7. The Morgan fingerprint density at radius 1 is 1.32 bits per heavy atom. The third-order valence-corrected chi connectivity index (χ3v) is 3.36. The first-order valence-electron chi connectivity index (χ1n) is 7.15.